The monoisotopic (exact) mass is 500 g/mol. The Bertz CT molecular complexity index is 1510. The molecule has 3 N–H and O–H groups in total. The Balaban J connectivity index is 1.04. The van der Waals surface area contributed by atoms with E-state index in [4.69, 9.17) is 4.42 Å². The number of likely N-dealkylation sites (tertiary alicyclic amines) is 1. The van der Waals surface area contributed by atoms with E-state index in [1.54, 1.807) is 23.8 Å². The minimum atomic E-state index is -0.304. The molecule has 1 aliphatic heterocycles. The van der Waals surface area contributed by atoms with Crippen molar-refractivity contribution in [1.29, 1.82) is 0 Å². The average Bonchev–Trinajstić information content (AvgIpc) is 3.71. The van der Waals surface area contributed by atoms with Crippen molar-refractivity contribution in [3.8, 4) is 11.5 Å². The topological polar surface area (TPSA) is 120 Å². The van der Waals surface area contributed by atoms with Gasteiger partial charge in [-0.05, 0) is 36.6 Å². The van der Waals surface area contributed by atoms with Crippen molar-refractivity contribution in [2.45, 2.75) is 25.2 Å². The number of hydrogen-bond acceptors (Lipinski definition) is 6. The van der Waals surface area contributed by atoms with E-state index in [9.17, 15) is 9.59 Å². The van der Waals surface area contributed by atoms with Crippen LogP contribution in [0.25, 0.3) is 22.4 Å². The van der Waals surface area contributed by atoms with Gasteiger partial charge in [0.1, 0.15) is 11.4 Å². The van der Waals surface area contributed by atoms with Crippen molar-refractivity contribution in [3.63, 3.8) is 0 Å². The van der Waals surface area contributed by atoms with E-state index in [1.807, 2.05) is 41.4 Å². The lowest BCUT2D eigenvalue weighted by molar-refractivity contribution is -0.131. The number of para-hydroxylation sites is 1. The zero-order valence-corrected chi connectivity index (χ0v) is 20.2. The molecule has 1 aromatic carbocycles. The van der Waals surface area contributed by atoms with Gasteiger partial charge in [0.15, 0.2) is 11.6 Å². The normalized spacial score (nSPS) is 14.4. The van der Waals surface area contributed by atoms with E-state index >= 15 is 0 Å². The standard InChI is InChI=1S/C26H24N6O3S/c33-24(12-17-14-27-19-5-2-1-4-18(17)19)32-9-7-16(8-10-32)26-28-21(15-36-26)25(34)29-23-13-20(30-31-23)22-6-3-11-35-22/h1-6,11,13-16,27H,7-10,12H2,(H2,29,30,31,34). The summed E-state index contributed by atoms with van der Waals surface area (Å²) in [5.74, 6) is 1.13. The van der Waals surface area contributed by atoms with Crippen molar-refractivity contribution in [2.24, 2.45) is 0 Å². The van der Waals surface area contributed by atoms with Crippen LogP contribution in [0.15, 0.2) is 64.7 Å². The van der Waals surface area contributed by atoms with Crippen LogP contribution in [0.1, 0.15) is 39.8 Å². The maximum Gasteiger partial charge on any atom is 0.276 e. The van der Waals surface area contributed by atoms with Crippen LogP contribution in [0.3, 0.4) is 0 Å². The largest absolute Gasteiger partial charge is 0.463 e. The molecular weight excluding hydrogens is 476 g/mol. The average molecular weight is 501 g/mol. The zero-order chi connectivity index (χ0) is 24.5. The van der Waals surface area contributed by atoms with E-state index in [1.165, 1.54) is 11.3 Å². The van der Waals surface area contributed by atoms with Crippen LogP contribution >= 0.6 is 11.3 Å². The van der Waals surface area contributed by atoms with Gasteiger partial charge in [-0.2, -0.15) is 5.10 Å². The minimum Gasteiger partial charge on any atom is -0.463 e. The summed E-state index contributed by atoms with van der Waals surface area (Å²) in [6.45, 7) is 1.38. The van der Waals surface area contributed by atoms with Gasteiger partial charge in [0.2, 0.25) is 5.91 Å². The van der Waals surface area contributed by atoms with Crippen molar-refractivity contribution < 1.29 is 14.0 Å². The highest BCUT2D eigenvalue weighted by Gasteiger charge is 2.27. The van der Waals surface area contributed by atoms with Gasteiger partial charge in [-0.25, -0.2) is 4.98 Å². The number of carbonyl (C=O) groups is 2. The summed E-state index contributed by atoms with van der Waals surface area (Å²) in [6.07, 6.45) is 5.57. The molecule has 5 heterocycles. The lowest BCUT2D eigenvalue weighted by Gasteiger charge is -2.31. The SMILES string of the molecule is O=C(Nc1cc(-c2ccco2)[nH]n1)c1csc(C2CCN(C(=O)Cc3c[nH]c4ccccc34)CC2)n1. The molecule has 1 saturated heterocycles. The molecule has 0 unspecified atom stereocenters. The summed E-state index contributed by atoms with van der Waals surface area (Å²) in [5.41, 5.74) is 3.13. The third-order valence-corrected chi connectivity index (χ3v) is 7.58. The third-order valence-electron chi connectivity index (χ3n) is 6.57. The van der Waals surface area contributed by atoms with Crippen LogP contribution in [-0.4, -0.2) is 50.0 Å². The Morgan fingerprint density at radius 1 is 1.17 bits per heavy atom. The number of fused-ring (bicyclic) bond motifs is 1. The first-order valence-electron chi connectivity index (χ1n) is 11.8. The molecule has 0 spiro atoms. The number of benzene rings is 1. The van der Waals surface area contributed by atoms with E-state index in [0.717, 1.165) is 34.3 Å². The highest BCUT2D eigenvalue weighted by atomic mass is 32.1. The third kappa shape index (κ3) is 4.42. The van der Waals surface area contributed by atoms with Gasteiger partial charge in [0.25, 0.3) is 5.91 Å². The summed E-state index contributed by atoms with van der Waals surface area (Å²) in [7, 11) is 0. The van der Waals surface area contributed by atoms with Crippen molar-refractivity contribution in [2.75, 3.05) is 18.4 Å². The van der Waals surface area contributed by atoms with Crippen molar-refractivity contribution in [1.82, 2.24) is 25.1 Å². The Morgan fingerprint density at radius 3 is 2.86 bits per heavy atom. The molecule has 0 saturated carbocycles. The Kier molecular flexibility index (Phi) is 5.86. The second-order valence-electron chi connectivity index (χ2n) is 8.86. The number of furan rings is 1. The molecule has 4 aromatic heterocycles. The second-order valence-corrected chi connectivity index (χ2v) is 9.75. The number of thiazole rings is 1. The molecule has 0 bridgehead atoms. The van der Waals surface area contributed by atoms with E-state index in [0.29, 0.717) is 42.5 Å². The molecule has 5 aromatic rings. The van der Waals surface area contributed by atoms with Crippen LogP contribution in [0.4, 0.5) is 5.82 Å². The van der Waals surface area contributed by atoms with Crippen LogP contribution in [-0.2, 0) is 11.2 Å². The Labute approximate surface area is 210 Å². The summed E-state index contributed by atoms with van der Waals surface area (Å²) >= 11 is 1.49. The molecular formula is C26H24N6O3S. The summed E-state index contributed by atoms with van der Waals surface area (Å²) in [4.78, 5) is 35.4. The first-order valence-corrected chi connectivity index (χ1v) is 12.7. The van der Waals surface area contributed by atoms with E-state index < -0.39 is 0 Å². The van der Waals surface area contributed by atoms with Gasteiger partial charge in [0, 0.05) is 47.6 Å². The van der Waals surface area contributed by atoms with E-state index in [2.05, 4.69) is 25.5 Å². The first kappa shape index (κ1) is 22.3. The fourth-order valence-corrected chi connectivity index (χ4v) is 5.60. The van der Waals surface area contributed by atoms with Crippen LogP contribution in [0.5, 0.6) is 0 Å². The number of nitrogens with zero attached hydrogens (tertiary/aromatic N) is 3. The van der Waals surface area contributed by atoms with Gasteiger partial charge in [-0.3, -0.25) is 14.7 Å². The molecule has 1 aliphatic rings. The summed E-state index contributed by atoms with van der Waals surface area (Å²) < 4.78 is 5.34. The molecule has 6 rings (SSSR count). The number of rotatable bonds is 6. The Morgan fingerprint density at radius 2 is 2.03 bits per heavy atom. The van der Waals surface area contributed by atoms with Crippen molar-refractivity contribution in [3.05, 3.63) is 76.6 Å². The number of aromatic nitrogens is 4. The molecule has 182 valence electrons. The maximum absolute atomic E-state index is 12.9. The van der Waals surface area contributed by atoms with Gasteiger partial charge < -0.3 is 19.6 Å². The Hall–Kier alpha value is -4.18. The van der Waals surface area contributed by atoms with Gasteiger partial charge in [0.05, 0.1) is 17.7 Å². The lowest BCUT2D eigenvalue weighted by Crippen LogP contribution is -2.38. The number of aromatic amines is 2. The summed E-state index contributed by atoms with van der Waals surface area (Å²) in [5, 5.41) is 13.6. The minimum absolute atomic E-state index is 0.144. The lowest BCUT2D eigenvalue weighted by atomic mass is 9.97. The highest BCUT2D eigenvalue weighted by molar-refractivity contribution is 7.10. The number of anilines is 1. The molecule has 0 atom stereocenters. The predicted molar refractivity (Wildman–Crippen MR) is 137 cm³/mol. The number of carbonyl (C=O) groups excluding carboxylic acids is 2. The number of amides is 2. The first-order chi connectivity index (χ1) is 17.6. The number of H-pyrrole nitrogens is 2. The molecule has 2 amide bonds. The fraction of sp³-hybridized carbons (Fsp3) is 0.231. The molecule has 10 heteroatoms. The van der Waals surface area contributed by atoms with Crippen LogP contribution < -0.4 is 5.32 Å². The van der Waals surface area contributed by atoms with Crippen molar-refractivity contribution >= 4 is 39.9 Å². The predicted octanol–water partition coefficient (Wildman–Crippen LogP) is 4.81. The van der Waals surface area contributed by atoms with Crippen LogP contribution in [0.2, 0.25) is 0 Å². The highest BCUT2D eigenvalue weighted by Crippen LogP contribution is 2.31. The maximum atomic E-state index is 12.9. The zero-order valence-electron chi connectivity index (χ0n) is 19.4. The number of piperidine rings is 1. The van der Waals surface area contributed by atoms with Gasteiger partial charge in [-0.1, -0.05) is 18.2 Å². The summed E-state index contributed by atoms with van der Waals surface area (Å²) in [6, 6.07) is 13.4. The van der Waals surface area contributed by atoms with Crippen LogP contribution in [0, 0.1) is 0 Å². The molecule has 36 heavy (non-hydrogen) atoms. The molecule has 0 radical (unpaired) electrons. The van der Waals surface area contributed by atoms with Gasteiger partial charge >= 0.3 is 0 Å². The molecule has 0 aliphatic carbocycles. The molecule has 1 fully saturated rings. The molecule has 9 nitrogen and oxygen atoms in total. The fourth-order valence-electron chi connectivity index (χ4n) is 4.63. The number of nitrogens with one attached hydrogen (secondary N) is 3. The number of hydrogen-bond donors (Lipinski definition) is 3. The van der Waals surface area contributed by atoms with E-state index in [-0.39, 0.29) is 17.7 Å². The quantitative estimate of drug-likeness (QED) is 0.309. The second kappa shape index (κ2) is 9.46. The smallest absolute Gasteiger partial charge is 0.276 e. The van der Waals surface area contributed by atoms with Gasteiger partial charge in [-0.15, -0.1) is 11.3 Å².